The van der Waals surface area contributed by atoms with Gasteiger partial charge in [0.1, 0.15) is 13.2 Å². The average Bonchev–Trinajstić information content (AvgIpc) is 3.69. The normalized spacial score (nSPS) is 14.2. The number of hydrogen-bond donors (Lipinski definition) is 3. The van der Waals surface area contributed by atoms with Crippen LogP contribution in [0, 0.1) is 0 Å². The molecule has 504 valence electrons. The highest BCUT2D eigenvalue weighted by molar-refractivity contribution is 7.47. The van der Waals surface area contributed by atoms with Crippen molar-refractivity contribution in [3.05, 3.63) is 109 Å². The Kier molecular flexibility index (Phi) is 65.3. The summed E-state index contributed by atoms with van der Waals surface area (Å²) in [6.07, 6.45) is 99.5. The molecule has 3 N–H and O–H groups in total. The number of aliphatic hydroxyl groups excluding tert-OH is 1. The number of allylic oxidation sites excluding steroid dienone is 17. The summed E-state index contributed by atoms with van der Waals surface area (Å²) in [5, 5.41) is 14.0. The standard InChI is InChI=1S/C78H141N2O6P/c1-6-8-10-12-14-16-18-20-22-24-26-28-30-32-34-35-36-37-38-39-40-41-42-43-44-45-46-48-50-52-54-56-58-60-62-64-66-68-70-72-78(82)79-76(75-86-87(83,84)85-74-73-80(3,4)5)77(81)71-69-67-65-63-61-59-57-55-53-51-49-47-33-31-29-27-25-23-21-19-17-15-13-11-9-7-2/h8,10,14,16,20,22,26,28,32,34,36-37,39-40,42-43,69,71,76-77,81H,6-7,9,11-13,15,17-19,21,23-25,27,29-31,33,35,38,41,44-68,70,72-75H2,1-5H3,(H-,79,82,83,84)/p+1/b10-8-,16-14-,22-20-,28-26-,34-32-,37-36-,40-39-,43-42-,71-69+. The Morgan fingerprint density at radius 3 is 1.01 bits per heavy atom. The highest BCUT2D eigenvalue weighted by Gasteiger charge is 2.28. The van der Waals surface area contributed by atoms with Crippen LogP contribution in [0.15, 0.2) is 109 Å². The third-order valence-electron chi connectivity index (χ3n) is 16.2. The van der Waals surface area contributed by atoms with E-state index in [9.17, 15) is 19.4 Å². The molecule has 1 amide bonds. The lowest BCUT2D eigenvalue weighted by Crippen LogP contribution is -2.45. The van der Waals surface area contributed by atoms with E-state index in [4.69, 9.17) is 9.05 Å². The molecule has 0 rings (SSSR count). The number of rotatable bonds is 67. The van der Waals surface area contributed by atoms with Crippen molar-refractivity contribution in [2.24, 2.45) is 0 Å². The molecule has 0 saturated carbocycles. The molecule has 0 radical (unpaired) electrons. The third-order valence-corrected chi connectivity index (χ3v) is 17.2. The Labute approximate surface area is 540 Å². The number of amides is 1. The van der Waals surface area contributed by atoms with Crippen LogP contribution in [0.5, 0.6) is 0 Å². The van der Waals surface area contributed by atoms with Crippen LogP contribution in [0.2, 0.25) is 0 Å². The maximum Gasteiger partial charge on any atom is 0.472 e. The molecule has 0 saturated heterocycles. The van der Waals surface area contributed by atoms with Crippen molar-refractivity contribution in [1.29, 1.82) is 0 Å². The minimum Gasteiger partial charge on any atom is -0.387 e. The van der Waals surface area contributed by atoms with E-state index in [1.54, 1.807) is 6.08 Å². The van der Waals surface area contributed by atoms with Gasteiger partial charge >= 0.3 is 7.82 Å². The van der Waals surface area contributed by atoms with E-state index >= 15 is 0 Å². The summed E-state index contributed by atoms with van der Waals surface area (Å²) < 4.78 is 23.8. The van der Waals surface area contributed by atoms with E-state index in [0.717, 1.165) is 89.9 Å². The van der Waals surface area contributed by atoms with Crippen molar-refractivity contribution < 1.29 is 32.9 Å². The molecule has 0 aromatic carbocycles. The Hall–Kier alpha value is -2.84. The Balaban J connectivity index is 4.06. The minimum absolute atomic E-state index is 0.0587. The van der Waals surface area contributed by atoms with Crippen molar-refractivity contribution >= 4 is 13.7 Å². The average molecular weight is 1230 g/mol. The number of hydrogen-bond acceptors (Lipinski definition) is 5. The summed E-state index contributed by atoms with van der Waals surface area (Å²) in [7, 11) is 1.57. The third kappa shape index (κ3) is 70.5. The van der Waals surface area contributed by atoms with Crippen molar-refractivity contribution in [2.45, 2.75) is 341 Å². The van der Waals surface area contributed by atoms with Crippen LogP contribution in [-0.2, 0) is 18.4 Å². The quantitative estimate of drug-likeness (QED) is 0.0243. The molecule has 0 spiro atoms. The molecule has 9 heteroatoms. The van der Waals surface area contributed by atoms with Crippen molar-refractivity contribution in [3.8, 4) is 0 Å². The van der Waals surface area contributed by atoms with E-state index in [-0.39, 0.29) is 19.1 Å². The van der Waals surface area contributed by atoms with E-state index in [1.807, 2.05) is 27.2 Å². The molecule has 0 aliphatic rings. The summed E-state index contributed by atoms with van der Waals surface area (Å²) in [4.78, 5) is 23.5. The van der Waals surface area contributed by atoms with Crippen LogP contribution < -0.4 is 5.32 Å². The van der Waals surface area contributed by atoms with Gasteiger partial charge in [0, 0.05) is 6.42 Å². The van der Waals surface area contributed by atoms with Gasteiger partial charge in [-0.15, -0.1) is 0 Å². The molecule has 8 nitrogen and oxygen atoms in total. The first-order chi connectivity index (χ1) is 42.5. The number of carbonyl (C=O) groups excluding carboxylic acids is 1. The Morgan fingerprint density at radius 2 is 0.690 bits per heavy atom. The van der Waals surface area contributed by atoms with Crippen molar-refractivity contribution in [1.82, 2.24) is 5.32 Å². The van der Waals surface area contributed by atoms with Crippen LogP contribution in [0.4, 0.5) is 0 Å². The highest BCUT2D eigenvalue weighted by Crippen LogP contribution is 2.43. The summed E-state index contributed by atoms with van der Waals surface area (Å²) in [6.45, 7) is 4.73. The Morgan fingerprint density at radius 1 is 0.402 bits per heavy atom. The zero-order valence-electron chi connectivity index (χ0n) is 57.7. The zero-order valence-corrected chi connectivity index (χ0v) is 58.6. The number of nitrogens with zero attached hydrogens (tertiary/aromatic N) is 1. The lowest BCUT2D eigenvalue weighted by molar-refractivity contribution is -0.870. The van der Waals surface area contributed by atoms with Gasteiger partial charge < -0.3 is 19.8 Å². The molecule has 3 unspecified atom stereocenters. The van der Waals surface area contributed by atoms with Gasteiger partial charge in [0.15, 0.2) is 0 Å². The molecule has 0 aromatic rings. The van der Waals surface area contributed by atoms with Gasteiger partial charge in [-0.25, -0.2) is 4.57 Å². The first kappa shape index (κ1) is 84.2. The van der Waals surface area contributed by atoms with E-state index in [1.165, 1.54) is 218 Å². The van der Waals surface area contributed by atoms with E-state index < -0.39 is 20.0 Å². The van der Waals surface area contributed by atoms with Crippen LogP contribution in [0.25, 0.3) is 0 Å². The predicted molar refractivity (Wildman–Crippen MR) is 382 cm³/mol. The minimum atomic E-state index is -4.36. The number of aliphatic hydroxyl groups is 1. The second kappa shape index (κ2) is 67.6. The van der Waals surface area contributed by atoms with Crippen molar-refractivity contribution in [2.75, 3.05) is 40.9 Å². The molecule has 0 aliphatic carbocycles. The summed E-state index contributed by atoms with van der Waals surface area (Å²) in [6, 6.07) is -0.854. The highest BCUT2D eigenvalue weighted by atomic mass is 31.2. The molecule has 0 heterocycles. The SMILES string of the molecule is CC/C=C\C/C=C\C/C=C\C/C=C\C/C=C\C/C=C\C/C=C\C/C=C\CCCCCCCCCCCCCCCCC(=O)NC(COP(=O)(O)OCC[N+](C)(C)C)C(O)/C=C/CCCCCCCCCCCCCCCCCCCCCCCCCC. The lowest BCUT2D eigenvalue weighted by atomic mass is 10.0. The largest absolute Gasteiger partial charge is 0.472 e. The van der Waals surface area contributed by atoms with Gasteiger partial charge in [0.05, 0.1) is 39.9 Å². The van der Waals surface area contributed by atoms with Gasteiger partial charge in [0.2, 0.25) is 5.91 Å². The zero-order chi connectivity index (χ0) is 63.4. The smallest absolute Gasteiger partial charge is 0.387 e. The van der Waals surface area contributed by atoms with Gasteiger partial charge in [-0.3, -0.25) is 13.8 Å². The number of quaternary nitrogens is 1. The molecule has 0 bridgehead atoms. The monoisotopic (exact) mass is 1230 g/mol. The number of phosphoric acid groups is 1. The first-order valence-electron chi connectivity index (χ1n) is 36.8. The molecule has 0 aromatic heterocycles. The number of likely N-dealkylation sites (N-methyl/N-ethyl adjacent to an activating group) is 1. The fourth-order valence-corrected chi connectivity index (χ4v) is 11.3. The fourth-order valence-electron chi connectivity index (χ4n) is 10.6. The number of nitrogens with one attached hydrogen (secondary N) is 1. The van der Waals surface area contributed by atoms with Crippen molar-refractivity contribution in [3.63, 3.8) is 0 Å². The van der Waals surface area contributed by atoms with Gasteiger partial charge in [-0.2, -0.15) is 0 Å². The molecule has 3 atom stereocenters. The summed E-state index contributed by atoms with van der Waals surface area (Å²) >= 11 is 0. The van der Waals surface area contributed by atoms with Crippen LogP contribution >= 0.6 is 7.82 Å². The molecular weight excluding hydrogens is 1090 g/mol. The van der Waals surface area contributed by atoms with Crippen LogP contribution in [0.3, 0.4) is 0 Å². The molecule has 0 fully saturated rings. The van der Waals surface area contributed by atoms with Crippen LogP contribution in [0.1, 0.15) is 328 Å². The molecular formula is C78H142N2O6P+. The maximum atomic E-state index is 13.1. The number of phosphoric ester groups is 1. The number of carbonyl (C=O) groups is 1. The Bertz CT molecular complexity index is 1790. The van der Waals surface area contributed by atoms with Gasteiger partial charge in [-0.1, -0.05) is 348 Å². The number of unbranched alkanes of at least 4 members (excludes halogenated alkanes) is 38. The first-order valence-corrected chi connectivity index (χ1v) is 38.3. The second-order valence-corrected chi connectivity index (χ2v) is 27.4. The van der Waals surface area contributed by atoms with Gasteiger partial charge in [0.25, 0.3) is 0 Å². The molecule has 0 aliphatic heterocycles. The predicted octanol–water partition coefficient (Wildman–Crippen LogP) is 23.8. The van der Waals surface area contributed by atoms with Crippen LogP contribution in [-0.4, -0.2) is 73.4 Å². The van der Waals surface area contributed by atoms with E-state index in [2.05, 4.69) is 116 Å². The van der Waals surface area contributed by atoms with E-state index in [0.29, 0.717) is 17.4 Å². The lowest BCUT2D eigenvalue weighted by Gasteiger charge is -2.25. The molecule has 87 heavy (non-hydrogen) atoms. The second-order valence-electron chi connectivity index (χ2n) is 25.9. The summed E-state index contributed by atoms with van der Waals surface area (Å²) in [5.74, 6) is -0.177. The van der Waals surface area contributed by atoms with Gasteiger partial charge in [-0.05, 0) is 83.5 Å². The fraction of sp³-hybridized carbons (Fsp3) is 0.756. The topological polar surface area (TPSA) is 105 Å². The maximum absolute atomic E-state index is 13.1. The summed E-state index contributed by atoms with van der Waals surface area (Å²) in [5.41, 5.74) is 0.